The summed E-state index contributed by atoms with van der Waals surface area (Å²) in [6.45, 7) is 3.11. The minimum Gasteiger partial charge on any atom is -0.478 e. The Morgan fingerprint density at radius 2 is 1.89 bits per heavy atom. The summed E-state index contributed by atoms with van der Waals surface area (Å²) in [5, 5.41) is 19.8. The van der Waals surface area contributed by atoms with Gasteiger partial charge in [-0.05, 0) is 61.2 Å². The Kier molecular flexibility index (Phi) is 4.97. The molecule has 4 rings (SSSR count). The molecule has 1 aliphatic rings. The number of aromatic carboxylic acids is 1. The zero-order valence-electron chi connectivity index (χ0n) is 15.2. The Hall–Kier alpha value is -2.63. The minimum atomic E-state index is -0.914. The Balaban J connectivity index is 1.67. The molecule has 2 heterocycles. The summed E-state index contributed by atoms with van der Waals surface area (Å²) in [4.78, 5) is 13.5. The number of fused-ring (bicyclic) bond motifs is 1. The molecular formula is C22H24N2O3. The summed E-state index contributed by atoms with van der Waals surface area (Å²) in [5.74, 6) is -0.543. The van der Waals surface area contributed by atoms with Crippen LogP contribution in [0.15, 0.2) is 54.7 Å². The van der Waals surface area contributed by atoms with Crippen LogP contribution in [-0.4, -0.2) is 45.3 Å². The molecule has 2 aromatic carbocycles. The van der Waals surface area contributed by atoms with Gasteiger partial charge in [-0.2, -0.15) is 0 Å². The number of benzene rings is 2. The lowest BCUT2D eigenvalue weighted by molar-refractivity contribution is 0.0697. The molecule has 1 saturated heterocycles. The van der Waals surface area contributed by atoms with Gasteiger partial charge in [0.25, 0.3) is 0 Å². The molecule has 0 radical (unpaired) electrons. The fourth-order valence-corrected chi connectivity index (χ4v) is 4.04. The number of aliphatic hydroxyl groups is 1. The van der Waals surface area contributed by atoms with Crippen LogP contribution in [-0.2, 0) is 6.54 Å². The number of carbonyl (C=O) groups is 1. The van der Waals surface area contributed by atoms with E-state index < -0.39 is 5.97 Å². The third-order valence-corrected chi connectivity index (χ3v) is 5.44. The smallest absolute Gasteiger partial charge is 0.335 e. The van der Waals surface area contributed by atoms with Gasteiger partial charge in [-0.25, -0.2) is 4.79 Å². The van der Waals surface area contributed by atoms with E-state index in [2.05, 4.69) is 33.9 Å². The molecule has 1 atom stereocenters. The maximum absolute atomic E-state index is 11.1. The highest BCUT2D eigenvalue weighted by atomic mass is 16.4. The maximum Gasteiger partial charge on any atom is 0.335 e. The number of carboxylic acid groups (broad SMARTS) is 1. The van der Waals surface area contributed by atoms with Crippen molar-refractivity contribution in [2.75, 3.05) is 19.7 Å². The van der Waals surface area contributed by atoms with E-state index in [1.165, 1.54) is 10.9 Å². The first-order valence-electron chi connectivity index (χ1n) is 9.41. The molecule has 1 unspecified atom stereocenters. The number of aliphatic hydroxyl groups excluding tert-OH is 1. The Morgan fingerprint density at radius 1 is 1.11 bits per heavy atom. The molecule has 0 aliphatic carbocycles. The van der Waals surface area contributed by atoms with Gasteiger partial charge in [0.05, 0.1) is 11.1 Å². The lowest BCUT2D eigenvalue weighted by atomic mass is 9.98. The van der Waals surface area contributed by atoms with Crippen molar-refractivity contribution in [3.8, 4) is 5.69 Å². The summed E-state index contributed by atoms with van der Waals surface area (Å²) in [7, 11) is 0. The van der Waals surface area contributed by atoms with Gasteiger partial charge in [-0.1, -0.05) is 18.2 Å². The zero-order valence-corrected chi connectivity index (χ0v) is 15.2. The van der Waals surface area contributed by atoms with Crippen LogP contribution in [0.4, 0.5) is 0 Å². The van der Waals surface area contributed by atoms with Crippen molar-refractivity contribution < 1.29 is 15.0 Å². The quantitative estimate of drug-likeness (QED) is 0.727. The van der Waals surface area contributed by atoms with Gasteiger partial charge >= 0.3 is 5.97 Å². The van der Waals surface area contributed by atoms with Gasteiger partial charge in [0.1, 0.15) is 0 Å². The largest absolute Gasteiger partial charge is 0.478 e. The van der Waals surface area contributed by atoms with Crippen LogP contribution in [0.25, 0.3) is 16.6 Å². The van der Waals surface area contributed by atoms with Gasteiger partial charge in [0, 0.05) is 37.0 Å². The molecule has 0 spiro atoms. The van der Waals surface area contributed by atoms with Crippen molar-refractivity contribution in [2.24, 2.45) is 5.92 Å². The van der Waals surface area contributed by atoms with E-state index in [1.807, 2.05) is 18.2 Å². The first kappa shape index (κ1) is 17.8. The molecule has 1 aliphatic heterocycles. The molecule has 140 valence electrons. The van der Waals surface area contributed by atoms with E-state index >= 15 is 0 Å². The van der Waals surface area contributed by atoms with Crippen molar-refractivity contribution in [1.82, 2.24) is 9.47 Å². The Morgan fingerprint density at radius 3 is 2.63 bits per heavy atom. The van der Waals surface area contributed by atoms with Gasteiger partial charge in [-0.3, -0.25) is 4.90 Å². The highest BCUT2D eigenvalue weighted by Crippen LogP contribution is 2.27. The predicted molar refractivity (Wildman–Crippen MR) is 105 cm³/mol. The molecule has 27 heavy (non-hydrogen) atoms. The number of carboxylic acids is 1. The lowest BCUT2D eigenvalue weighted by Crippen LogP contribution is -2.36. The minimum absolute atomic E-state index is 0.258. The van der Waals surface area contributed by atoms with Gasteiger partial charge in [-0.15, -0.1) is 0 Å². The second kappa shape index (κ2) is 7.55. The monoisotopic (exact) mass is 364 g/mol. The average molecular weight is 364 g/mol. The molecule has 1 aromatic heterocycles. The predicted octanol–water partition coefficient (Wildman–Crippen LogP) is 3.53. The Labute approximate surface area is 158 Å². The third kappa shape index (κ3) is 3.61. The van der Waals surface area contributed by atoms with Crippen LogP contribution in [0.1, 0.15) is 28.8 Å². The fourth-order valence-electron chi connectivity index (χ4n) is 4.04. The fraction of sp³-hybridized carbons (Fsp3) is 0.318. The van der Waals surface area contributed by atoms with Crippen LogP contribution in [0.3, 0.4) is 0 Å². The van der Waals surface area contributed by atoms with E-state index in [9.17, 15) is 9.90 Å². The number of piperidine rings is 1. The van der Waals surface area contributed by atoms with Crippen molar-refractivity contribution in [1.29, 1.82) is 0 Å². The standard InChI is InChI=1S/C22H24N2O3/c25-15-16-4-3-11-23(12-16)13-18-14-24(21-6-2-1-5-20(18)21)19-9-7-17(8-10-19)22(26)27/h1-2,5-10,14,16,25H,3-4,11-13,15H2,(H,26,27). The highest BCUT2D eigenvalue weighted by Gasteiger charge is 2.20. The summed E-state index contributed by atoms with van der Waals surface area (Å²) in [5.41, 5.74) is 3.62. The van der Waals surface area contributed by atoms with Crippen molar-refractivity contribution in [3.63, 3.8) is 0 Å². The number of rotatable bonds is 5. The molecule has 5 nitrogen and oxygen atoms in total. The summed E-state index contributed by atoms with van der Waals surface area (Å²) >= 11 is 0. The molecular weight excluding hydrogens is 340 g/mol. The van der Waals surface area contributed by atoms with Gasteiger partial charge in [0.15, 0.2) is 0 Å². The summed E-state index contributed by atoms with van der Waals surface area (Å²) in [6.07, 6.45) is 4.38. The van der Waals surface area contributed by atoms with Crippen LogP contribution >= 0.6 is 0 Å². The van der Waals surface area contributed by atoms with Crippen LogP contribution in [0.5, 0.6) is 0 Å². The second-order valence-electron chi connectivity index (χ2n) is 7.32. The van der Waals surface area contributed by atoms with Gasteiger partial charge in [0.2, 0.25) is 0 Å². The molecule has 2 N–H and O–H groups in total. The van der Waals surface area contributed by atoms with E-state index in [0.717, 1.165) is 43.7 Å². The van der Waals surface area contributed by atoms with E-state index in [0.29, 0.717) is 11.5 Å². The average Bonchev–Trinajstić information content (AvgIpc) is 3.07. The number of nitrogens with zero attached hydrogens (tertiary/aromatic N) is 2. The van der Waals surface area contributed by atoms with E-state index in [4.69, 9.17) is 5.11 Å². The van der Waals surface area contributed by atoms with E-state index in [1.54, 1.807) is 12.1 Å². The maximum atomic E-state index is 11.1. The van der Waals surface area contributed by atoms with E-state index in [-0.39, 0.29) is 6.61 Å². The van der Waals surface area contributed by atoms with Gasteiger partial charge < -0.3 is 14.8 Å². The number of para-hydroxylation sites is 1. The highest BCUT2D eigenvalue weighted by molar-refractivity contribution is 5.88. The number of hydrogen-bond acceptors (Lipinski definition) is 3. The molecule has 0 amide bonds. The number of aromatic nitrogens is 1. The molecule has 3 aromatic rings. The third-order valence-electron chi connectivity index (χ3n) is 5.44. The molecule has 5 heteroatoms. The van der Waals surface area contributed by atoms with Crippen molar-refractivity contribution in [3.05, 3.63) is 65.9 Å². The van der Waals surface area contributed by atoms with Crippen molar-refractivity contribution in [2.45, 2.75) is 19.4 Å². The summed E-state index contributed by atoms with van der Waals surface area (Å²) in [6, 6.07) is 15.3. The zero-order chi connectivity index (χ0) is 18.8. The lowest BCUT2D eigenvalue weighted by Gasteiger charge is -2.31. The normalized spacial score (nSPS) is 18.0. The first-order valence-corrected chi connectivity index (χ1v) is 9.41. The number of hydrogen-bond donors (Lipinski definition) is 2. The Bertz CT molecular complexity index is 946. The van der Waals surface area contributed by atoms with Crippen LogP contribution in [0.2, 0.25) is 0 Å². The topological polar surface area (TPSA) is 65.7 Å². The first-order chi connectivity index (χ1) is 13.2. The number of likely N-dealkylation sites (tertiary alicyclic amines) is 1. The van der Waals surface area contributed by atoms with Crippen LogP contribution in [0, 0.1) is 5.92 Å². The summed E-state index contributed by atoms with van der Waals surface area (Å²) < 4.78 is 2.13. The van der Waals surface area contributed by atoms with Crippen molar-refractivity contribution >= 4 is 16.9 Å². The molecule has 0 bridgehead atoms. The second-order valence-corrected chi connectivity index (χ2v) is 7.32. The molecule has 1 fully saturated rings. The molecule has 0 saturated carbocycles. The SMILES string of the molecule is O=C(O)c1ccc(-n2cc(CN3CCCC(CO)C3)c3ccccc32)cc1. The van der Waals surface area contributed by atoms with Crippen LogP contribution < -0.4 is 0 Å².